The lowest BCUT2D eigenvalue weighted by molar-refractivity contribution is -0.128. The fourth-order valence-electron chi connectivity index (χ4n) is 2.03. The number of esters is 1. The molecule has 94 valence electrons. The van der Waals surface area contributed by atoms with Gasteiger partial charge in [0.25, 0.3) is 0 Å². The predicted molar refractivity (Wildman–Crippen MR) is 76.8 cm³/mol. The monoisotopic (exact) mass is 270 g/mol. The second-order valence-electron chi connectivity index (χ2n) is 4.02. The van der Waals surface area contributed by atoms with Crippen LogP contribution in [0.1, 0.15) is 0 Å². The van der Waals surface area contributed by atoms with Gasteiger partial charge in [-0.1, -0.05) is 48.2 Å². The van der Waals surface area contributed by atoms with Gasteiger partial charge in [0, 0.05) is 16.2 Å². The van der Waals surface area contributed by atoms with E-state index < -0.39 is 5.97 Å². The highest BCUT2D eigenvalue weighted by molar-refractivity contribution is 7.21. The molecule has 0 aliphatic rings. The van der Waals surface area contributed by atoms with E-state index in [1.165, 1.54) is 11.3 Å². The van der Waals surface area contributed by atoms with Crippen LogP contribution in [-0.2, 0) is 4.79 Å². The van der Waals surface area contributed by atoms with Crippen molar-refractivity contribution in [1.29, 1.82) is 0 Å². The van der Waals surface area contributed by atoms with Crippen molar-refractivity contribution in [3.63, 3.8) is 0 Å². The van der Waals surface area contributed by atoms with Crippen LogP contribution in [0.5, 0.6) is 10.8 Å². The SMILES string of the molecule is C=CC(=O)Oc1sc2ccc3ccccc3c2c1O. The molecule has 3 rings (SSSR count). The largest absolute Gasteiger partial charge is 0.503 e. The van der Waals surface area contributed by atoms with Gasteiger partial charge >= 0.3 is 5.97 Å². The molecule has 0 saturated heterocycles. The average molecular weight is 270 g/mol. The van der Waals surface area contributed by atoms with E-state index in [4.69, 9.17) is 4.74 Å². The van der Waals surface area contributed by atoms with Crippen LogP contribution in [0.15, 0.2) is 49.1 Å². The van der Waals surface area contributed by atoms with Crippen molar-refractivity contribution >= 4 is 38.2 Å². The molecule has 0 atom stereocenters. The van der Waals surface area contributed by atoms with Crippen molar-refractivity contribution < 1.29 is 14.6 Å². The van der Waals surface area contributed by atoms with Crippen molar-refractivity contribution in [3.05, 3.63) is 49.1 Å². The zero-order valence-corrected chi connectivity index (χ0v) is 10.7. The zero-order valence-electron chi connectivity index (χ0n) is 9.92. The number of carbonyl (C=O) groups excluding carboxylic acids is 1. The first-order chi connectivity index (χ1) is 9.20. The lowest BCUT2D eigenvalue weighted by atomic mass is 10.1. The summed E-state index contributed by atoms with van der Waals surface area (Å²) in [6, 6.07) is 11.6. The van der Waals surface area contributed by atoms with E-state index in [1.807, 2.05) is 36.4 Å². The number of benzene rings is 2. The van der Waals surface area contributed by atoms with Gasteiger partial charge in [0.1, 0.15) is 0 Å². The van der Waals surface area contributed by atoms with E-state index in [1.54, 1.807) is 0 Å². The van der Waals surface area contributed by atoms with Gasteiger partial charge in [0.15, 0.2) is 5.75 Å². The summed E-state index contributed by atoms with van der Waals surface area (Å²) < 4.78 is 5.92. The number of ether oxygens (including phenoxy) is 1. The third kappa shape index (κ3) is 1.86. The Hall–Kier alpha value is -2.33. The Morgan fingerprint density at radius 3 is 2.84 bits per heavy atom. The number of hydrogen-bond donors (Lipinski definition) is 1. The maximum atomic E-state index is 11.2. The van der Waals surface area contributed by atoms with Gasteiger partial charge in [-0.15, -0.1) is 0 Å². The van der Waals surface area contributed by atoms with E-state index in [-0.39, 0.29) is 10.8 Å². The molecule has 0 fully saturated rings. The molecule has 0 saturated carbocycles. The van der Waals surface area contributed by atoms with Gasteiger partial charge in [-0.3, -0.25) is 0 Å². The summed E-state index contributed by atoms with van der Waals surface area (Å²) in [6.07, 6.45) is 1.07. The molecule has 3 nitrogen and oxygen atoms in total. The first kappa shape index (κ1) is 11.7. The van der Waals surface area contributed by atoms with Crippen molar-refractivity contribution in [3.8, 4) is 10.8 Å². The van der Waals surface area contributed by atoms with Gasteiger partial charge in [0.2, 0.25) is 5.06 Å². The van der Waals surface area contributed by atoms with Crippen LogP contribution in [0, 0.1) is 0 Å². The first-order valence-electron chi connectivity index (χ1n) is 5.68. The highest BCUT2D eigenvalue weighted by Gasteiger charge is 2.16. The molecule has 1 heterocycles. The molecule has 0 bridgehead atoms. The van der Waals surface area contributed by atoms with Crippen LogP contribution < -0.4 is 4.74 Å². The van der Waals surface area contributed by atoms with Crippen molar-refractivity contribution in [2.45, 2.75) is 0 Å². The molecule has 19 heavy (non-hydrogen) atoms. The number of aromatic hydroxyl groups is 1. The smallest absolute Gasteiger partial charge is 0.336 e. The molecular weight excluding hydrogens is 260 g/mol. The zero-order chi connectivity index (χ0) is 13.4. The second-order valence-corrected chi connectivity index (χ2v) is 5.04. The van der Waals surface area contributed by atoms with E-state index in [9.17, 15) is 9.90 Å². The summed E-state index contributed by atoms with van der Waals surface area (Å²) in [5.74, 6) is -0.571. The lowest BCUT2D eigenvalue weighted by Gasteiger charge is -2.00. The molecule has 3 aromatic rings. The number of thiophene rings is 1. The molecule has 0 spiro atoms. The van der Waals surface area contributed by atoms with E-state index in [0.717, 1.165) is 26.9 Å². The molecule has 0 aliphatic carbocycles. The summed E-state index contributed by atoms with van der Waals surface area (Å²) >= 11 is 1.24. The normalized spacial score (nSPS) is 10.7. The van der Waals surface area contributed by atoms with Gasteiger partial charge in [-0.05, 0) is 16.8 Å². The summed E-state index contributed by atoms with van der Waals surface area (Å²) in [5.41, 5.74) is 0. The average Bonchev–Trinajstić information content (AvgIpc) is 2.76. The number of fused-ring (bicyclic) bond motifs is 3. The van der Waals surface area contributed by atoms with Crippen LogP contribution in [-0.4, -0.2) is 11.1 Å². The van der Waals surface area contributed by atoms with Gasteiger partial charge < -0.3 is 9.84 Å². The Labute approximate surface area is 113 Å². The van der Waals surface area contributed by atoms with Crippen LogP contribution >= 0.6 is 11.3 Å². The van der Waals surface area contributed by atoms with Crippen molar-refractivity contribution in [2.75, 3.05) is 0 Å². The summed E-state index contributed by atoms with van der Waals surface area (Å²) in [6.45, 7) is 3.34. The standard InChI is InChI=1S/C15H10O3S/c1-2-12(16)18-15-14(17)13-10-6-4-3-5-9(10)7-8-11(13)19-15/h2-8,17H,1H2. The van der Waals surface area contributed by atoms with Gasteiger partial charge in [0.05, 0.1) is 0 Å². The molecule has 2 aromatic carbocycles. The molecule has 0 unspecified atom stereocenters. The fourth-order valence-corrected chi connectivity index (χ4v) is 3.00. The van der Waals surface area contributed by atoms with Crippen LogP contribution in [0.4, 0.5) is 0 Å². The molecular formula is C15H10O3S. The minimum Gasteiger partial charge on any atom is -0.503 e. The summed E-state index contributed by atoms with van der Waals surface area (Å²) in [7, 11) is 0. The topological polar surface area (TPSA) is 46.5 Å². The van der Waals surface area contributed by atoms with E-state index in [2.05, 4.69) is 6.58 Å². The number of rotatable bonds is 2. The first-order valence-corrected chi connectivity index (χ1v) is 6.50. The van der Waals surface area contributed by atoms with Crippen molar-refractivity contribution in [2.24, 2.45) is 0 Å². The molecule has 1 N–H and O–H groups in total. The van der Waals surface area contributed by atoms with E-state index >= 15 is 0 Å². The van der Waals surface area contributed by atoms with Gasteiger partial charge in [-0.2, -0.15) is 0 Å². The van der Waals surface area contributed by atoms with Crippen molar-refractivity contribution in [1.82, 2.24) is 0 Å². The Morgan fingerprint density at radius 2 is 2.05 bits per heavy atom. The Balaban J connectivity index is 2.28. The molecule has 0 radical (unpaired) electrons. The van der Waals surface area contributed by atoms with Crippen LogP contribution in [0.2, 0.25) is 0 Å². The molecule has 4 heteroatoms. The highest BCUT2D eigenvalue weighted by atomic mass is 32.1. The molecule has 0 aliphatic heterocycles. The second kappa shape index (κ2) is 4.40. The predicted octanol–water partition coefficient (Wildman–Crippen LogP) is 3.85. The molecule has 0 amide bonds. The van der Waals surface area contributed by atoms with E-state index in [0.29, 0.717) is 0 Å². The van der Waals surface area contributed by atoms with Crippen LogP contribution in [0.25, 0.3) is 20.9 Å². The third-order valence-corrected chi connectivity index (χ3v) is 3.91. The number of carbonyl (C=O) groups is 1. The minimum atomic E-state index is -0.578. The van der Waals surface area contributed by atoms with Crippen LogP contribution in [0.3, 0.4) is 0 Å². The maximum absolute atomic E-state index is 11.2. The maximum Gasteiger partial charge on any atom is 0.336 e. The lowest BCUT2D eigenvalue weighted by Crippen LogP contribution is -2.01. The summed E-state index contributed by atoms with van der Waals surface area (Å²) in [5, 5.41) is 13.1. The highest BCUT2D eigenvalue weighted by Crippen LogP contribution is 2.46. The number of hydrogen-bond acceptors (Lipinski definition) is 4. The van der Waals surface area contributed by atoms with Gasteiger partial charge in [-0.25, -0.2) is 4.79 Å². The Morgan fingerprint density at radius 1 is 1.26 bits per heavy atom. The Kier molecular flexibility index (Phi) is 2.72. The summed E-state index contributed by atoms with van der Waals surface area (Å²) in [4.78, 5) is 11.2. The quantitative estimate of drug-likeness (QED) is 0.568. The molecule has 1 aromatic heterocycles. The minimum absolute atomic E-state index is 0.00648. The Bertz CT molecular complexity index is 802. The third-order valence-electron chi connectivity index (χ3n) is 2.88. The fraction of sp³-hybridized carbons (Fsp3) is 0.